The number of hydrogen-bond acceptors (Lipinski definition) is 3. The van der Waals surface area contributed by atoms with Gasteiger partial charge in [0.05, 0.1) is 13.5 Å². The Morgan fingerprint density at radius 1 is 1.36 bits per heavy atom. The van der Waals surface area contributed by atoms with E-state index in [1.54, 1.807) is 4.90 Å². The topological polar surface area (TPSA) is 46.6 Å². The van der Waals surface area contributed by atoms with Crippen molar-refractivity contribution in [2.24, 2.45) is 0 Å². The summed E-state index contributed by atoms with van der Waals surface area (Å²) in [5, 5.41) is 0. The van der Waals surface area contributed by atoms with Gasteiger partial charge in [-0.1, -0.05) is 0 Å². The van der Waals surface area contributed by atoms with E-state index in [1.165, 1.54) is 13.5 Å². The molecular formula is C10H17NO3. The van der Waals surface area contributed by atoms with Crippen LogP contribution in [0, 0.1) is 0 Å². The molecular weight excluding hydrogens is 182 g/mol. The Morgan fingerprint density at radius 3 is 2.43 bits per heavy atom. The lowest BCUT2D eigenvalue weighted by Gasteiger charge is -2.34. The quantitative estimate of drug-likeness (QED) is 0.633. The van der Waals surface area contributed by atoms with E-state index < -0.39 is 0 Å². The molecule has 0 atom stereocenters. The zero-order valence-electron chi connectivity index (χ0n) is 8.78. The van der Waals surface area contributed by atoms with Gasteiger partial charge in [-0.25, -0.2) is 0 Å². The van der Waals surface area contributed by atoms with E-state index in [2.05, 4.69) is 4.74 Å². The van der Waals surface area contributed by atoms with Crippen LogP contribution in [0.4, 0.5) is 0 Å². The number of hydrogen-bond donors (Lipinski definition) is 0. The standard InChI is InChI=1S/C10H17NO3/c1-11(8-4-3-5-8)9(12)6-7-10(13)14-2/h8H,3-7H2,1-2H3. The van der Waals surface area contributed by atoms with Crippen molar-refractivity contribution in [3.05, 3.63) is 0 Å². The van der Waals surface area contributed by atoms with Crippen LogP contribution in [-0.2, 0) is 14.3 Å². The molecule has 0 aromatic heterocycles. The first-order chi connectivity index (χ1) is 6.65. The van der Waals surface area contributed by atoms with Crippen LogP contribution in [0.2, 0.25) is 0 Å². The van der Waals surface area contributed by atoms with E-state index in [0.717, 1.165) is 12.8 Å². The summed E-state index contributed by atoms with van der Waals surface area (Å²) in [4.78, 5) is 24.1. The van der Waals surface area contributed by atoms with Crippen LogP contribution < -0.4 is 0 Å². The van der Waals surface area contributed by atoms with Crippen molar-refractivity contribution in [2.75, 3.05) is 14.2 Å². The zero-order valence-corrected chi connectivity index (χ0v) is 8.78. The molecule has 0 aromatic rings. The highest BCUT2D eigenvalue weighted by Gasteiger charge is 2.25. The van der Waals surface area contributed by atoms with Crippen molar-refractivity contribution in [3.63, 3.8) is 0 Å². The number of methoxy groups -OCH3 is 1. The van der Waals surface area contributed by atoms with Crippen LogP contribution in [0.15, 0.2) is 0 Å². The van der Waals surface area contributed by atoms with Gasteiger partial charge in [0.2, 0.25) is 5.91 Å². The van der Waals surface area contributed by atoms with Gasteiger partial charge in [0.1, 0.15) is 0 Å². The molecule has 0 N–H and O–H groups in total. The molecule has 0 bridgehead atoms. The van der Waals surface area contributed by atoms with E-state index in [4.69, 9.17) is 0 Å². The monoisotopic (exact) mass is 199 g/mol. The van der Waals surface area contributed by atoms with E-state index >= 15 is 0 Å². The van der Waals surface area contributed by atoms with Crippen molar-refractivity contribution < 1.29 is 14.3 Å². The Labute approximate surface area is 84.2 Å². The Bertz CT molecular complexity index is 223. The average molecular weight is 199 g/mol. The Hall–Kier alpha value is -1.06. The molecule has 0 heterocycles. The fraction of sp³-hybridized carbons (Fsp3) is 0.800. The van der Waals surface area contributed by atoms with Crippen LogP contribution >= 0.6 is 0 Å². The minimum Gasteiger partial charge on any atom is -0.469 e. The van der Waals surface area contributed by atoms with Crippen LogP contribution in [0.3, 0.4) is 0 Å². The van der Waals surface area contributed by atoms with Gasteiger partial charge in [-0.2, -0.15) is 0 Å². The SMILES string of the molecule is COC(=O)CCC(=O)N(C)C1CCC1. The van der Waals surface area contributed by atoms with Gasteiger partial charge in [-0.3, -0.25) is 9.59 Å². The molecule has 4 heteroatoms. The molecule has 1 aliphatic carbocycles. The summed E-state index contributed by atoms with van der Waals surface area (Å²) >= 11 is 0. The van der Waals surface area contributed by atoms with E-state index in [1.807, 2.05) is 7.05 Å². The summed E-state index contributed by atoms with van der Waals surface area (Å²) in [5.41, 5.74) is 0. The molecule has 1 fully saturated rings. The number of carbonyl (C=O) groups excluding carboxylic acids is 2. The first kappa shape index (κ1) is 11.0. The highest BCUT2D eigenvalue weighted by atomic mass is 16.5. The third-order valence-electron chi connectivity index (χ3n) is 2.79. The normalized spacial score (nSPS) is 15.9. The summed E-state index contributed by atoms with van der Waals surface area (Å²) < 4.78 is 4.47. The van der Waals surface area contributed by atoms with Gasteiger partial charge in [0.15, 0.2) is 0 Å². The molecule has 1 aliphatic rings. The van der Waals surface area contributed by atoms with Crippen LogP contribution in [0.5, 0.6) is 0 Å². The number of rotatable bonds is 4. The number of nitrogens with zero attached hydrogens (tertiary/aromatic N) is 1. The van der Waals surface area contributed by atoms with E-state index in [-0.39, 0.29) is 24.7 Å². The summed E-state index contributed by atoms with van der Waals surface area (Å²) in [6, 6.07) is 0.403. The smallest absolute Gasteiger partial charge is 0.306 e. The molecule has 0 aromatic carbocycles. The van der Waals surface area contributed by atoms with Gasteiger partial charge in [-0.15, -0.1) is 0 Å². The molecule has 1 saturated carbocycles. The zero-order chi connectivity index (χ0) is 10.6. The molecule has 0 saturated heterocycles. The van der Waals surface area contributed by atoms with Crippen molar-refractivity contribution in [1.82, 2.24) is 4.90 Å². The number of carbonyl (C=O) groups is 2. The Balaban J connectivity index is 2.23. The van der Waals surface area contributed by atoms with Gasteiger partial charge in [0.25, 0.3) is 0 Å². The first-order valence-electron chi connectivity index (χ1n) is 4.97. The van der Waals surface area contributed by atoms with Gasteiger partial charge < -0.3 is 9.64 Å². The minimum absolute atomic E-state index is 0.0418. The molecule has 4 nitrogen and oxygen atoms in total. The first-order valence-corrected chi connectivity index (χ1v) is 4.97. The second-order valence-corrected chi connectivity index (χ2v) is 3.67. The molecule has 14 heavy (non-hydrogen) atoms. The van der Waals surface area contributed by atoms with Crippen LogP contribution in [0.1, 0.15) is 32.1 Å². The second kappa shape index (κ2) is 4.98. The fourth-order valence-corrected chi connectivity index (χ4v) is 1.47. The maximum Gasteiger partial charge on any atom is 0.306 e. The average Bonchev–Trinajstić information content (AvgIpc) is 2.10. The van der Waals surface area contributed by atoms with Crippen LogP contribution in [-0.4, -0.2) is 37.0 Å². The predicted octanol–water partition coefficient (Wildman–Crippen LogP) is 0.950. The third kappa shape index (κ3) is 2.72. The number of esters is 1. The van der Waals surface area contributed by atoms with Crippen molar-refractivity contribution in [1.29, 1.82) is 0 Å². The third-order valence-corrected chi connectivity index (χ3v) is 2.79. The van der Waals surface area contributed by atoms with Gasteiger partial charge >= 0.3 is 5.97 Å². The predicted molar refractivity (Wildman–Crippen MR) is 51.7 cm³/mol. The summed E-state index contributed by atoms with van der Waals surface area (Å²) in [6.07, 6.45) is 3.85. The number of ether oxygens (including phenoxy) is 1. The van der Waals surface area contributed by atoms with Gasteiger partial charge in [-0.05, 0) is 19.3 Å². The summed E-state index contributed by atoms with van der Waals surface area (Å²) in [6.45, 7) is 0. The maximum atomic E-state index is 11.5. The fourth-order valence-electron chi connectivity index (χ4n) is 1.47. The highest BCUT2D eigenvalue weighted by Crippen LogP contribution is 2.24. The molecule has 1 amide bonds. The van der Waals surface area contributed by atoms with Crippen molar-refractivity contribution in [2.45, 2.75) is 38.1 Å². The Kier molecular flexibility index (Phi) is 3.92. The van der Waals surface area contributed by atoms with E-state index in [9.17, 15) is 9.59 Å². The lowest BCUT2D eigenvalue weighted by molar-refractivity contribution is -0.144. The van der Waals surface area contributed by atoms with Crippen molar-refractivity contribution in [3.8, 4) is 0 Å². The molecule has 0 radical (unpaired) electrons. The summed E-state index contributed by atoms with van der Waals surface area (Å²) in [7, 11) is 3.14. The second-order valence-electron chi connectivity index (χ2n) is 3.67. The minimum atomic E-state index is -0.319. The lowest BCUT2D eigenvalue weighted by atomic mass is 9.91. The van der Waals surface area contributed by atoms with Gasteiger partial charge in [0, 0.05) is 19.5 Å². The molecule has 80 valence electrons. The lowest BCUT2D eigenvalue weighted by Crippen LogP contribution is -2.41. The molecule has 1 rings (SSSR count). The largest absolute Gasteiger partial charge is 0.469 e. The van der Waals surface area contributed by atoms with Crippen LogP contribution in [0.25, 0.3) is 0 Å². The highest BCUT2D eigenvalue weighted by molar-refractivity contribution is 5.81. The van der Waals surface area contributed by atoms with Crippen molar-refractivity contribution >= 4 is 11.9 Å². The maximum absolute atomic E-state index is 11.5. The summed E-state index contributed by atoms with van der Waals surface area (Å²) in [5.74, 6) is -0.277. The molecule has 0 spiro atoms. The molecule has 0 aliphatic heterocycles. The van der Waals surface area contributed by atoms with E-state index in [0.29, 0.717) is 6.04 Å². The Morgan fingerprint density at radius 2 is 2.00 bits per heavy atom. The number of amides is 1. The molecule has 0 unspecified atom stereocenters.